The summed E-state index contributed by atoms with van der Waals surface area (Å²) in [5.41, 5.74) is 2.74. The zero-order valence-corrected chi connectivity index (χ0v) is 14.5. The van der Waals surface area contributed by atoms with Gasteiger partial charge in [0.15, 0.2) is 5.76 Å². The number of fused-ring (bicyclic) bond motifs is 1. The van der Waals surface area contributed by atoms with Crippen LogP contribution < -0.4 is 9.47 Å². The Morgan fingerprint density at radius 2 is 1.96 bits per heavy atom. The lowest BCUT2D eigenvalue weighted by Gasteiger charge is -2.05. The molecule has 5 heteroatoms. The van der Waals surface area contributed by atoms with E-state index in [9.17, 15) is 9.59 Å². The van der Waals surface area contributed by atoms with Gasteiger partial charge in [-0.2, -0.15) is 0 Å². The predicted molar refractivity (Wildman–Crippen MR) is 99.8 cm³/mol. The highest BCUT2D eigenvalue weighted by molar-refractivity contribution is 6.14. The minimum Gasteiger partial charge on any atom is -0.452 e. The molecule has 132 valence electrons. The maximum absolute atomic E-state index is 12.6. The van der Waals surface area contributed by atoms with Crippen LogP contribution >= 0.6 is 0 Å². The van der Waals surface area contributed by atoms with E-state index in [1.165, 1.54) is 6.20 Å². The van der Waals surface area contributed by atoms with E-state index >= 15 is 0 Å². The number of benzene rings is 2. The summed E-state index contributed by atoms with van der Waals surface area (Å²) in [6, 6.07) is 15.7. The minimum absolute atomic E-state index is 0.196. The molecule has 0 amide bonds. The first-order chi connectivity index (χ1) is 13.1. The van der Waals surface area contributed by atoms with Crippen molar-refractivity contribution in [2.24, 2.45) is 0 Å². The Morgan fingerprint density at radius 3 is 2.74 bits per heavy atom. The molecule has 0 aliphatic carbocycles. The van der Waals surface area contributed by atoms with Crippen LogP contribution in [-0.4, -0.2) is 16.7 Å². The molecule has 0 unspecified atom stereocenters. The summed E-state index contributed by atoms with van der Waals surface area (Å²) in [7, 11) is 0. The number of carbonyl (C=O) groups excluding carboxylic acids is 2. The Bertz CT molecular complexity index is 1070. The summed E-state index contributed by atoms with van der Waals surface area (Å²) in [4.78, 5) is 28.6. The quantitative estimate of drug-likeness (QED) is 0.399. The Morgan fingerprint density at radius 1 is 1.11 bits per heavy atom. The smallest absolute Gasteiger partial charge is 0.345 e. The lowest BCUT2D eigenvalue weighted by molar-refractivity contribution is 0.0734. The van der Waals surface area contributed by atoms with Crippen molar-refractivity contribution in [2.45, 2.75) is 6.92 Å². The monoisotopic (exact) mass is 357 g/mol. The second-order valence-corrected chi connectivity index (χ2v) is 6.09. The molecule has 0 saturated carbocycles. The molecule has 5 nitrogen and oxygen atoms in total. The van der Waals surface area contributed by atoms with Crippen molar-refractivity contribution in [1.29, 1.82) is 0 Å². The summed E-state index contributed by atoms with van der Waals surface area (Å²) in [5, 5.41) is 0. The van der Waals surface area contributed by atoms with Gasteiger partial charge in [0.2, 0.25) is 5.78 Å². The van der Waals surface area contributed by atoms with E-state index in [4.69, 9.17) is 9.47 Å². The van der Waals surface area contributed by atoms with Crippen molar-refractivity contribution < 1.29 is 19.1 Å². The predicted octanol–water partition coefficient (Wildman–Crippen LogP) is 4.23. The van der Waals surface area contributed by atoms with Crippen molar-refractivity contribution in [2.75, 3.05) is 0 Å². The Kier molecular flexibility index (Phi) is 4.26. The van der Waals surface area contributed by atoms with E-state index in [1.807, 2.05) is 31.2 Å². The fourth-order valence-corrected chi connectivity index (χ4v) is 2.77. The van der Waals surface area contributed by atoms with Gasteiger partial charge in [-0.25, -0.2) is 4.79 Å². The van der Waals surface area contributed by atoms with Gasteiger partial charge in [0, 0.05) is 18.5 Å². The molecule has 0 spiro atoms. The molecule has 0 saturated heterocycles. The van der Waals surface area contributed by atoms with Crippen LogP contribution in [0.1, 0.15) is 31.8 Å². The number of esters is 1. The van der Waals surface area contributed by atoms with Gasteiger partial charge >= 0.3 is 5.97 Å². The molecule has 3 aromatic rings. The first-order valence-corrected chi connectivity index (χ1v) is 8.38. The molecular weight excluding hydrogens is 342 g/mol. The topological polar surface area (TPSA) is 65.5 Å². The first-order valence-electron chi connectivity index (χ1n) is 8.38. The van der Waals surface area contributed by atoms with Crippen LogP contribution in [0, 0.1) is 6.92 Å². The summed E-state index contributed by atoms with van der Waals surface area (Å²) in [6.07, 6.45) is 4.73. The number of pyridine rings is 1. The van der Waals surface area contributed by atoms with Crippen LogP contribution in [-0.2, 0) is 0 Å². The molecule has 1 aliphatic heterocycles. The average Bonchev–Trinajstić information content (AvgIpc) is 2.99. The highest BCUT2D eigenvalue weighted by Crippen LogP contribution is 2.35. The largest absolute Gasteiger partial charge is 0.452 e. The van der Waals surface area contributed by atoms with Gasteiger partial charge < -0.3 is 9.47 Å². The lowest BCUT2D eigenvalue weighted by Crippen LogP contribution is -2.08. The van der Waals surface area contributed by atoms with E-state index < -0.39 is 5.97 Å². The number of ether oxygens (including phenoxy) is 2. The number of rotatable bonds is 3. The van der Waals surface area contributed by atoms with Crippen molar-refractivity contribution in [1.82, 2.24) is 4.98 Å². The molecule has 0 bridgehead atoms. The van der Waals surface area contributed by atoms with Gasteiger partial charge in [0.05, 0.1) is 11.1 Å². The van der Waals surface area contributed by atoms with Crippen molar-refractivity contribution in [3.63, 3.8) is 0 Å². The highest BCUT2D eigenvalue weighted by atomic mass is 16.5. The van der Waals surface area contributed by atoms with E-state index in [2.05, 4.69) is 4.98 Å². The molecule has 27 heavy (non-hydrogen) atoms. The van der Waals surface area contributed by atoms with Crippen LogP contribution in [0.5, 0.6) is 11.5 Å². The summed E-state index contributed by atoms with van der Waals surface area (Å²) in [6.45, 7) is 1.97. The van der Waals surface area contributed by atoms with Crippen LogP contribution in [0.4, 0.5) is 0 Å². The molecule has 0 fully saturated rings. The normalized spacial score (nSPS) is 14.0. The molecular formula is C22H15NO4. The van der Waals surface area contributed by atoms with Gasteiger partial charge in [-0.05, 0) is 48.4 Å². The third-order valence-corrected chi connectivity index (χ3v) is 4.22. The van der Waals surface area contributed by atoms with Crippen LogP contribution in [0.2, 0.25) is 0 Å². The van der Waals surface area contributed by atoms with Crippen molar-refractivity contribution in [3.05, 3.63) is 95.0 Å². The molecule has 1 aromatic heterocycles. The molecule has 0 N–H and O–H groups in total. The maximum Gasteiger partial charge on any atom is 0.345 e. The molecule has 2 aromatic carbocycles. The lowest BCUT2D eigenvalue weighted by atomic mass is 10.1. The first kappa shape index (κ1) is 16.7. The minimum atomic E-state index is -0.525. The molecule has 0 atom stereocenters. The number of carbonyl (C=O) groups is 2. The highest BCUT2D eigenvalue weighted by Gasteiger charge is 2.28. The van der Waals surface area contributed by atoms with Crippen LogP contribution in [0.3, 0.4) is 0 Å². The second-order valence-electron chi connectivity index (χ2n) is 6.09. The molecule has 0 radical (unpaired) electrons. The van der Waals surface area contributed by atoms with Gasteiger partial charge in [-0.3, -0.25) is 9.78 Å². The van der Waals surface area contributed by atoms with E-state index in [0.717, 1.165) is 11.1 Å². The fraction of sp³-hybridized carbons (Fsp3) is 0.0455. The maximum atomic E-state index is 12.6. The Balaban J connectivity index is 1.58. The van der Waals surface area contributed by atoms with Crippen LogP contribution in [0.15, 0.2) is 72.8 Å². The van der Waals surface area contributed by atoms with Gasteiger partial charge in [0.25, 0.3) is 0 Å². The zero-order valence-electron chi connectivity index (χ0n) is 14.5. The zero-order chi connectivity index (χ0) is 18.8. The number of allylic oxidation sites excluding steroid dienone is 1. The summed E-state index contributed by atoms with van der Waals surface area (Å²) in [5.74, 6) is 0.195. The molecule has 1 aliphatic rings. The van der Waals surface area contributed by atoms with Crippen molar-refractivity contribution in [3.8, 4) is 11.5 Å². The standard InChI is InChI=1S/C22H15NO4/c1-14-5-2-3-6-15(14)11-20-21(24)18-9-8-17(12-19(18)27-20)26-22(25)16-7-4-10-23-13-16/h2-13H,1H3/b20-11-. The van der Waals surface area contributed by atoms with E-state index in [0.29, 0.717) is 22.6 Å². The number of ketones is 1. The van der Waals surface area contributed by atoms with Gasteiger partial charge in [-0.15, -0.1) is 0 Å². The molecule has 4 rings (SSSR count). The summed E-state index contributed by atoms with van der Waals surface area (Å²) >= 11 is 0. The number of hydrogen-bond acceptors (Lipinski definition) is 5. The molecule has 2 heterocycles. The third-order valence-electron chi connectivity index (χ3n) is 4.22. The number of aromatic nitrogens is 1. The van der Waals surface area contributed by atoms with E-state index in [1.54, 1.807) is 42.6 Å². The Labute approximate surface area is 155 Å². The van der Waals surface area contributed by atoms with E-state index in [-0.39, 0.29) is 11.5 Å². The number of hydrogen-bond donors (Lipinski definition) is 0. The number of nitrogens with zero attached hydrogens (tertiary/aromatic N) is 1. The second kappa shape index (κ2) is 6.88. The van der Waals surface area contributed by atoms with Gasteiger partial charge in [0.1, 0.15) is 11.5 Å². The SMILES string of the molecule is Cc1ccccc1/C=C1\Oc2cc(OC(=O)c3cccnc3)ccc2C1=O. The average molecular weight is 357 g/mol. The summed E-state index contributed by atoms with van der Waals surface area (Å²) < 4.78 is 11.1. The van der Waals surface area contributed by atoms with Crippen molar-refractivity contribution >= 4 is 17.8 Å². The number of aryl methyl sites for hydroxylation is 1. The van der Waals surface area contributed by atoms with Crippen LogP contribution in [0.25, 0.3) is 6.08 Å². The fourth-order valence-electron chi connectivity index (χ4n) is 2.77. The third kappa shape index (κ3) is 3.35. The Hall–Kier alpha value is -3.73. The number of Topliss-reactive ketones (excluding diaryl/α,β-unsaturated/α-hetero) is 1. The van der Waals surface area contributed by atoms with Gasteiger partial charge in [-0.1, -0.05) is 24.3 Å².